The SMILES string of the molecule is O=Cc1cc(C2CCC2)no1. The molecule has 0 atom stereocenters. The van der Waals surface area contributed by atoms with Gasteiger partial charge in [0, 0.05) is 12.0 Å². The molecule has 1 heterocycles. The van der Waals surface area contributed by atoms with Crippen LogP contribution >= 0.6 is 0 Å². The molecule has 0 saturated heterocycles. The predicted molar refractivity (Wildman–Crippen MR) is 38.5 cm³/mol. The maximum Gasteiger partial charge on any atom is 0.199 e. The van der Waals surface area contributed by atoms with Crippen molar-refractivity contribution in [3.05, 3.63) is 17.5 Å². The molecule has 3 heteroatoms. The van der Waals surface area contributed by atoms with Crippen LogP contribution in [0.4, 0.5) is 0 Å². The third kappa shape index (κ3) is 1.06. The standard InChI is InChI=1S/C8H9NO2/c10-5-7-4-8(9-11-7)6-2-1-3-6/h4-6H,1-3H2. The molecule has 0 N–H and O–H groups in total. The van der Waals surface area contributed by atoms with Crippen LogP contribution in [0.25, 0.3) is 0 Å². The summed E-state index contributed by atoms with van der Waals surface area (Å²) in [5.41, 5.74) is 0.943. The van der Waals surface area contributed by atoms with Crippen LogP contribution in [0.2, 0.25) is 0 Å². The monoisotopic (exact) mass is 151 g/mol. The molecular formula is C8H9NO2. The molecule has 0 aliphatic heterocycles. The molecule has 2 rings (SSSR count). The van der Waals surface area contributed by atoms with Crippen LogP contribution in [0.3, 0.4) is 0 Å². The molecule has 1 fully saturated rings. The van der Waals surface area contributed by atoms with Crippen molar-refractivity contribution in [2.75, 3.05) is 0 Å². The molecule has 0 amide bonds. The lowest BCUT2D eigenvalue weighted by Gasteiger charge is -2.22. The van der Waals surface area contributed by atoms with E-state index in [0.717, 1.165) is 5.69 Å². The first kappa shape index (κ1) is 6.58. The van der Waals surface area contributed by atoms with E-state index in [4.69, 9.17) is 4.52 Å². The quantitative estimate of drug-likeness (QED) is 0.605. The maximum absolute atomic E-state index is 10.2. The first-order valence-corrected chi connectivity index (χ1v) is 3.82. The van der Waals surface area contributed by atoms with Crippen LogP contribution in [0.5, 0.6) is 0 Å². The zero-order chi connectivity index (χ0) is 7.68. The second-order valence-corrected chi connectivity index (χ2v) is 2.90. The number of aromatic nitrogens is 1. The summed E-state index contributed by atoms with van der Waals surface area (Å²) in [5.74, 6) is 0.888. The van der Waals surface area contributed by atoms with E-state index in [1.807, 2.05) is 0 Å². The van der Waals surface area contributed by atoms with Crippen molar-refractivity contribution in [1.29, 1.82) is 0 Å². The van der Waals surface area contributed by atoms with Crippen LogP contribution < -0.4 is 0 Å². The van der Waals surface area contributed by atoms with Gasteiger partial charge in [0.1, 0.15) is 0 Å². The number of carbonyl (C=O) groups is 1. The lowest BCUT2D eigenvalue weighted by molar-refractivity contribution is 0.109. The minimum atomic E-state index is 0.340. The van der Waals surface area contributed by atoms with Gasteiger partial charge in [-0.05, 0) is 12.8 Å². The van der Waals surface area contributed by atoms with E-state index in [1.165, 1.54) is 19.3 Å². The fourth-order valence-corrected chi connectivity index (χ4v) is 1.26. The molecule has 1 aliphatic carbocycles. The Bertz CT molecular complexity index is 263. The number of hydrogen-bond donors (Lipinski definition) is 0. The van der Waals surface area contributed by atoms with E-state index in [2.05, 4.69) is 5.16 Å². The smallest absolute Gasteiger partial charge is 0.199 e. The minimum Gasteiger partial charge on any atom is -0.353 e. The minimum absolute atomic E-state index is 0.340. The Balaban J connectivity index is 2.17. The third-order valence-corrected chi connectivity index (χ3v) is 2.19. The zero-order valence-electron chi connectivity index (χ0n) is 6.12. The number of rotatable bonds is 2. The summed E-state index contributed by atoms with van der Waals surface area (Å²) in [4.78, 5) is 10.2. The summed E-state index contributed by atoms with van der Waals surface area (Å²) in [7, 11) is 0. The second-order valence-electron chi connectivity index (χ2n) is 2.90. The van der Waals surface area contributed by atoms with Crippen molar-refractivity contribution in [2.45, 2.75) is 25.2 Å². The van der Waals surface area contributed by atoms with Gasteiger partial charge in [-0.15, -0.1) is 0 Å². The highest BCUT2D eigenvalue weighted by Crippen LogP contribution is 2.35. The van der Waals surface area contributed by atoms with Gasteiger partial charge >= 0.3 is 0 Å². The van der Waals surface area contributed by atoms with E-state index in [0.29, 0.717) is 18.0 Å². The van der Waals surface area contributed by atoms with Crippen LogP contribution in [0.15, 0.2) is 10.6 Å². The van der Waals surface area contributed by atoms with Gasteiger partial charge in [0.25, 0.3) is 0 Å². The molecule has 0 bridgehead atoms. The summed E-state index contributed by atoms with van der Waals surface area (Å²) >= 11 is 0. The van der Waals surface area contributed by atoms with E-state index < -0.39 is 0 Å². The Kier molecular flexibility index (Phi) is 1.49. The van der Waals surface area contributed by atoms with Crippen LogP contribution in [0.1, 0.15) is 41.4 Å². The fraction of sp³-hybridized carbons (Fsp3) is 0.500. The molecule has 11 heavy (non-hydrogen) atoms. The van der Waals surface area contributed by atoms with Crippen molar-refractivity contribution in [2.24, 2.45) is 0 Å². The Labute approximate surface area is 64.4 Å². The number of carbonyl (C=O) groups excluding carboxylic acids is 1. The molecule has 1 saturated carbocycles. The van der Waals surface area contributed by atoms with Gasteiger partial charge in [-0.2, -0.15) is 0 Å². The summed E-state index contributed by atoms with van der Waals surface area (Å²) < 4.78 is 4.75. The first-order valence-electron chi connectivity index (χ1n) is 3.82. The van der Waals surface area contributed by atoms with Crippen molar-refractivity contribution < 1.29 is 9.32 Å². The van der Waals surface area contributed by atoms with E-state index in [1.54, 1.807) is 6.07 Å². The van der Waals surface area contributed by atoms with Crippen molar-refractivity contribution in [1.82, 2.24) is 5.16 Å². The Morgan fingerprint density at radius 1 is 1.64 bits per heavy atom. The molecule has 1 aromatic rings. The Morgan fingerprint density at radius 3 is 2.91 bits per heavy atom. The molecule has 58 valence electrons. The van der Waals surface area contributed by atoms with Gasteiger partial charge in [-0.25, -0.2) is 0 Å². The maximum atomic E-state index is 10.2. The van der Waals surface area contributed by atoms with Crippen molar-refractivity contribution in [3.8, 4) is 0 Å². The Morgan fingerprint density at radius 2 is 2.45 bits per heavy atom. The summed E-state index contributed by atoms with van der Waals surface area (Å²) in [5, 5.41) is 3.80. The number of aldehydes is 1. The lowest BCUT2D eigenvalue weighted by atomic mass is 9.83. The molecule has 0 aromatic carbocycles. The van der Waals surface area contributed by atoms with Crippen molar-refractivity contribution in [3.63, 3.8) is 0 Å². The van der Waals surface area contributed by atoms with Gasteiger partial charge in [0.2, 0.25) is 0 Å². The molecule has 1 aromatic heterocycles. The third-order valence-electron chi connectivity index (χ3n) is 2.19. The van der Waals surface area contributed by atoms with Gasteiger partial charge in [-0.1, -0.05) is 11.6 Å². The average Bonchev–Trinajstić information content (AvgIpc) is 2.32. The lowest BCUT2D eigenvalue weighted by Crippen LogP contribution is -2.08. The van der Waals surface area contributed by atoms with E-state index in [-0.39, 0.29) is 0 Å². The van der Waals surface area contributed by atoms with Gasteiger partial charge in [0.15, 0.2) is 12.0 Å². The van der Waals surface area contributed by atoms with Gasteiger partial charge in [-0.3, -0.25) is 4.79 Å². The number of nitrogens with zero attached hydrogens (tertiary/aromatic N) is 1. The largest absolute Gasteiger partial charge is 0.353 e. The second kappa shape index (κ2) is 2.49. The fourth-order valence-electron chi connectivity index (χ4n) is 1.26. The van der Waals surface area contributed by atoms with Crippen LogP contribution in [-0.4, -0.2) is 11.4 Å². The molecule has 0 radical (unpaired) electrons. The van der Waals surface area contributed by atoms with Crippen molar-refractivity contribution >= 4 is 6.29 Å². The molecular weight excluding hydrogens is 142 g/mol. The normalized spacial score (nSPS) is 17.8. The van der Waals surface area contributed by atoms with Crippen LogP contribution in [-0.2, 0) is 0 Å². The van der Waals surface area contributed by atoms with Gasteiger partial charge in [0.05, 0.1) is 5.69 Å². The van der Waals surface area contributed by atoms with Crippen LogP contribution in [0, 0.1) is 0 Å². The average molecular weight is 151 g/mol. The summed E-state index contributed by atoms with van der Waals surface area (Å²) in [6.45, 7) is 0. The Hall–Kier alpha value is -1.12. The molecule has 3 nitrogen and oxygen atoms in total. The molecule has 0 spiro atoms. The summed E-state index contributed by atoms with van der Waals surface area (Å²) in [6.07, 6.45) is 4.33. The first-order chi connectivity index (χ1) is 5.40. The van der Waals surface area contributed by atoms with Gasteiger partial charge < -0.3 is 4.52 Å². The highest BCUT2D eigenvalue weighted by atomic mass is 16.5. The van der Waals surface area contributed by atoms with E-state index >= 15 is 0 Å². The topological polar surface area (TPSA) is 43.1 Å². The zero-order valence-corrected chi connectivity index (χ0v) is 6.12. The molecule has 1 aliphatic rings. The predicted octanol–water partition coefficient (Wildman–Crippen LogP) is 1.75. The number of hydrogen-bond acceptors (Lipinski definition) is 3. The summed E-state index contributed by atoms with van der Waals surface area (Å²) in [6, 6.07) is 1.73. The van der Waals surface area contributed by atoms with E-state index in [9.17, 15) is 4.79 Å². The molecule has 0 unspecified atom stereocenters. The highest BCUT2D eigenvalue weighted by molar-refractivity contribution is 5.70. The highest BCUT2D eigenvalue weighted by Gasteiger charge is 2.22.